The molecule has 0 fully saturated rings. The molecule has 3 aromatic carbocycles. The summed E-state index contributed by atoms with van der Waals surface area (Å²) < 4.78 is 1.19. The number of thiazole rings is 1. The zero-order valence-corrected chi connectivity index (χ0v) is 13.0. The van der Waals surface area contributed by atoms with Crippen molar-refractivity contribution in [3.05, 3.63) is 71.2 Å². The van der Waals surface area contributed by atoms with Gasteiger partial charge in [-0.05, 0) is 35.9 Å². The number of hydrogen-bond donors (Lipinski definition) is 0. The molecule has 4 aromatic rings. The fourth-order valence-corrected chi connectivity index (χ4v) is 3.48. The maximum atomic E-state index is 4.64. The molecule has 106 valence electrons. The first kappa shape index (κ1) is 13.2. The molecule has 0 unspecified atom stereocenters. The molecule has 3 heteroatoms. The van der Waals surface area contributed by atoms with E-state index in [1.165, 1.54) is 15.5 Å². The largest absolute Gasteiger partial charge is 0.256 e. The molecule has 0 atom stereocenters. The number of hydrogen-bond acceptors (Lipinski definition) is 3. The molecule has 0 spiro atoms. The van der Waals surface area contributed by atoms with E-state index in [1.807, 2.05) is 25.3 Å². The zero-order chi connectivity index (χ0) is 14.9. The molecule has 1 heterocycles. The van der Waals surface area contributed by atoms with Crippen LogP contribution in [0.15, 0.2) is 65.7 Å². The second kappa shape index (κ2) is 5.35. The minimum absolute atomic E-state index is 0.962. The molecule has 0 radical (unpaired) electrons. The molecule has 0 amide bonds. The van der Waals surface area contributed by atoms with Crippen molar-refractivity contribution >= 4 is 44.2 Å². The Hall–Kier alpha value is -2.52. The fourth-order valence-electron chi connectivity index (χ4n) is 2.62. The van der Waals surface area contributed by atoms with Crippen molar-refractivity contribution in [3.8, 4) is 0 Å². The van der Waals surface area contributed by atoms with Gasteiger partial charge in [0.05, 0.1) is 20.9 Å². The van der Waals surface area contributed by atoms with Crippen molar-refractivity contribution in [2.75, 3.05) is 0 Å². The van der Waals surface area contributed by atoms with Crippen LogP contribution in [0.1, 0.15) is 10.6 Å². The van der Waals surface area contributed by atoms with Crippen LogP contribution in [0.3, 0.4) is 0 Å². The summed E-state index contributed by atoms with van der Waals surface area (Å²) in [6, 6.07) is 20.8. The van der Waals surface area contributed by atoms with E-state index in [0.717, 1.165) is 21.8 Å². The van der Waals surface area contributed by atoms with Gasteiger partial charge >= 0.3 is 0 Å². The first-order valence-electron chi connectivity index (χ1n) is 7.19. The Morgan fingerprint density at radius 3 is 2.82 bits per heavy atom. The van der Waals surface area contributed by atoms with Crippen molar-refractivity contribution in [2.45, 2.75) is 6.92 Å². The molecule has 0 saturated heterocycles. The summed E-state index contributed by atoms with van der Waals surface area (Å²) >= 11 is 1.71. The number of rotatable bonds is 2. The van der Waals surface area contributed by atoms with Gasteiger partial charge in [-0.1, -0.05) is 42.5 Å². The van der Waals surface area contributed by atoms with Gasteiger partial charge in [0.2, 0.25) is 0 Å². The molecule has 0 aliphatic carbocycles. The lowest BCUT2D eigenvalue weighted by Gasteiger charge is -2.01. The van der Waals surface area contributed by atoms with Gasteiger partial charge in [0, 0.05) is 11.8 Å². The molecule has 0 N–H and O–H groups in total. The number of aromatic nitrogens is 1. The monoisotopic (exact) mass is 302 g/mol. The third-order valence-corrected chi connectivity index (χ3v) is 4.59. The number of aliphatic imine (C=N–C) groups is 1. The average Bonchev–Trinajstić information content (AvgIpc) is 2.92. The second-order valence-electron chi connectivity index (χ2n) is 5.21. The van der Waals surface area contributed by atoms with Crippen molar-refractivity contribution < 1.29 is 0 Å². The minimum atomic E-state index is 0.962. The molecule has 0 aliphatic rings. The van der Waals surface area contributed by atoms with E-state index in [0.29, 0.717) is 0 Å². The molecule has 0 aliphatic heterocycles. The van der Waals surface area contributed by atoms with Gasteiger partial charge in [-0.3, -0.25) is 4.99 Å². The summed E-state index contributed by atoms with van der Waals surface area (Å²) in [7, 11) is 0. The topological polar surface area (TPSA) is 25.2 Å². The Morgan fingerprint density at radius 1 is 1.00 bits per heavy atom. The minimum Gasteiger partial charge on any atom is -0.256 e. The van der Waals surface area contributed by atoms with Crippen LogP contribution in [-0.2, 0) is 0 Å². The Morgan fingerprint density at radius 2 is 1.86 bits per heavy atom. The molecule has 0 saturated carbocycles. The van der Waals surface area contributed by atoms with Crippen LogP contribution in [0.4, 0.5) is 5.69 Å². The van der Waals surface area contributed by atoms with Gasteiger partial charge in [-0.15, -0.1) is 11.3 Å². The number of benzene rings is 3. The molecule has 4 rings (SSSR count). The first-order chi connectivity index (χ1) is 10.8. The van der Waals surface area contributed by atoms with E-state index in [2.05, 4.69) is 58.5 Å². The molecule has 22 heavy (non-hydrogen) atoms. The van der Waals surface area contributed by atoms with Crippen LogP contribution in [0.25, 0.3) is 21.0 Å². The molecular weight excluding hydrogens is 288 g/mol. The summed E-state index contributed by atoms with van der Waals surface area (Å²) in [5.41, 5.74) is 3.15. The highest BCUT2D eigenvalue weighted by atomic mass is 32.1. The lowest BCUT2D eigenvalue weighted by Crippen LogP contribution is -1.83. The van der Waals surface area contributed by atoms with Crippen LogP contribution in [0.5, 0.6) is 0 Å². The van der Waals surface area contributed by atoms with E-state index in [9.17, 15) is 0 Å². The maximum absolute atomic E-state index is 4.64. The Labute approximate surface area is 132 Å². The number of aryl methyl sites for hydroxylation is 1. The number of nitrogens with zero attached hydrogens (tertiary/aromatic N) is 2. The predicted molar refractivity (Wildman–Crippen MR) is 95.6 cm³/mol. The first-order valence-corrected chi connectivity index (χ1v) is 8.00. The lowest BCUT2D eigenvalue weighted by molar-refractivity contribution is 1.35. The van der Waals surface area contributed by atoms with Gasteiger partial charge < -0.3 is 0 Å². The van der Waals surface area contributed by atoms with Crippen LogP contribution < -0.4 is 0 Å². The highest BCUT2D eigenvalue weighted by Gasteiger charge is 2.01. The van der Waals surface area contributed by atoms with E-state index < -0.39 is 0 Å². The fraction of sp³-hybridized carbons (Fsp3) is 0.0526. The highest BCUT2D eigenvalue weighted by molar-refractivity contribution is 7.18. The van der Waals surface area contributed by atoms with E-state index in [-0.39, 0.29) is 0 Å². The Bertz CT molecular complexity index is 993. The third-order valence-electron chi connectivity index (χ3n) is 3.66. The van der Waals surface area contributed by atoms with Gasteiger partial charge in [0.25, 0.3) is 0 Å². The zero-order valence-electron chi connectivity index (χ0n) is 12.2. The SMILES string of the molecule is Cc1nc2ccc(N=Cc3cccc4ccccc34)cc2s1. The summed E-state index contributed by atoms with van der Waals surface area (Å²) in [4.78, 5) is 9.12. The molecule has 2 nitrogen and oxygen atoms in total. The maximum Gasteiger partial charge on any atom is 0.0907 e. The summed E-state index contributed by atoms with van der Waals surface area (Å²) in [6.45, 7) is 2.03. The van der Waals surface area contributed by atoms with Crippen molar-refractivity contribution in [1.29, 1.82) is 0 Å². The third kappa shape index (κ3) is 2.40. The van der Waals surface area contributed by atoms with Crippen molar-refractivity contribution in [1.82, 2.24) is 4.98 Å². The van der Waals surface area contributed by atoms with E-state index >= 15 is 0 Å². The Kier molecular flexibility index (Phi) is 3.20. The summed E-state index contributed by atoms with van der Waals surface area (Å²) in [5, 5.41) is 3.55. The quantitative estimate of drug-likeness (QED) is 0.448. The van der Waals surface area contributed by atoms with E-state index in [4.69, 9.17) is 0 Å². The Balaban J connectivity index is 1.75. The number of fused-ring (bicyclic) bond motifs is 2. The normalized spacial score (nSPS) is 11.7. The van der Waals surface area contributed by atoms with Crippen LogP contribution in [0.2, 0.25) is 0 Å². The molecule has 1 aromatic heterocycles. The lowest BCUT2D eigenvalue weighted by atomic mass is 10.1. The highest BCUT2D eigenvalue weighted by Crippen LogP contribution is 2.26. The summed E-state index contributed by atoms with van der Waals surface area (Å²) in [6.07, 6.45) is 1.94. The van der Waals surface area contributed by atoms with E-state index in [1.54, 1.807) is 11.3 Å². The van der Waals surface area contributed by atoms with Crippen LogP contribution in [0, 0.1) is 6.92 Å². The van der Waals surface area contributed by atoms with Crippen molar-refractivity contribution in [3.63, 3.8) is 0 Å². The second-order valence-corrected chi connectivity index (χ2v) is 6.45. The standard InChI is InChI=1S/C19H14N2S/c1-13-21-18-10-9-16(11-19(18)22-13)20-12-15-7-4-6-14-5-2-3-8-17(14)15/h2-12H,1H3. The molecule has 0 bridgehead atoms. The van der Waals surface area contributed by atoms with Crippen LogP contribution in [-0.4, -0.2) is 11.2 Å². The van der Waals surface area contributed by atoms with Gasteiger partial charge in [-0.25, -0.2) is 4.98 Å². The van der Waals surface area contributed by atoms with Gasteiger partial charge in [0.1, 0.15) is 0 Å². The van der Waals surface area contributed by atoms with Gasteiger partial charge in [-0.2, -0.15) is 0 Å². The average molecular weight is 302 g/mol. The smallest absolute Gasteiger partial charge is 0.0907 e. The van der Waals surface area contributed by atoms with Gasteiger partial charge in [0.15, 0.2) is 0 Å². The predicted octanol–water partition coefficient (Wildman–Crippen LogP) is 5.51. The van der Waals surface area contributed by atoms with Crippen molar-refractivity contribution in [2.24, 2.45) is 4.99 Å². The summed E-state index contributed by atoms with van der Waals surface area (Å²) in [5.74, 6) is 0. The van der Waals surface area contributed by atoms with Crippen LogP contribution >= 0.6 is 11.3 Å². The molecular formula is C19H14N2S.